The number of piperazine rings is 1. The Balaban J connectivity index is 1.40. The Kier molecular flexibility index (Phi) is 4.66. The molecular formula is C20H22N4O3. The Hall–Kier alpha value is -3.09. The summed E-state index contributed by atoms with van der Waals surface area (Å²) in [6.45, 7) is 5.01. The van der Waals surface area contributed by atoms with Crippen LogP contribution in [0.4, 0.5) is 11.5 Å². The highest BCUT2D eigenvalue weighted by molar-refractivity contribution is 5.89. The molecule has 7 nitrogen and oxygen atoms in total. The van der Waals surface area contributed by atoms with E-state index >= 15 is 0 Å². The van der Waals surface area contributed by atoms with E-state index in [9.17, 15) is 9.59 Å². The lowest BCUT2D eigenvalue weighted by Gasteiger charge is -2.37. The van der Waals surface area contributed by atoms with Crippen LogP contribution in [0.3, 0.4) is 0 Å². The van der Waals surface area contributed by atoms with E-state index in [0.717, 1.165) is 30.2 Å². The highest BCUT2D eigenvalue weighted by atomic mass is 16.5. The number of carbonyl (C=O) groups is 2. The second kappa shape index (κ2) is 7.26. The van der Waals surface area contributed by atoms with Gasteiger partial charge in [0.15, 0.2) is 5.75 Å². The standard InChI is InChI=1S/C20H22N4O3/c1-15-5-6-16-17(12-15)27-20(26)14-24(16)13-19(25)23-10-8-22(9-11-23)18-4-2-3-7-21-18/h2-7,12H,8-11,13-14H2,1H3. The van der Waals surface area contributed by atoms with Crippen molar-refractivity contribution in [1.29, 1.82) is 0 Å². The van der Waals surface area contributed by atoms with E-state index in [0.29, 0.717) is 18.8 Å². The molecule has 1 aromatic carbocycles. The molecule has 0 spiro atoms. The van der Waals surface area contributed by atoms with Crippen LogP contribution in [0, 0.1) is 6.92 Å². The molecule has 1 aromatic heterocycles. The molecule has 0 atom stereocenters. The van der Waals surface area contributed by atoms with Gasteiger partial charge in [0.05, 0.1) is 12.2 Å². The molecule has 3 heterocycles. The minimum absolute atomic E-state index is 0.0249. The normalized spacial score (nSPS) is 16.8. The number of aromatic nitrogens is 1. The van der Waals surface area contributed by atoms with Gasteiger partial charge in [0.2, 0.25) is 5.91 Å². The number of aryl methyl sites for hydroxylation is 1. The SMILES string of the molecule is Cc1ccc2c(c1)OC(=O)CN2CC(=O)N1CCN(c2ccccn2)CC1. The lowest BCUT2D eigenvalue weighted by Crippen LogP contribution is -2.52. The molecule has 27 heavy (non-hydrogen) atoms. The second-order valence-corrected chi connectivity index (χ2v) is 6.86. The zero-order valence-electron chi connectivity index (χ0n) is 15.3. The Morgan fingerprint density at radius 3 is 2.70 bits per heavy atom. The number of esters is 1. The molecule has 1 fully saturated rings. The molecule has 4 rings (SSSR count). The van der Waals surface area contributed by atoms with Crippen molar-refractivity contribution in [3.63, 3.8) is 0 Å². The van der Waals surface area contributed by atoms with Gasteiger partial charge in [-0.15, -0.1) is 0 Å². The summed E-state index contributed by atoms with van der Waals surface area (Å²) >= 11 is 0. The fourth-order valence-corrected chi connectivity index (χ4v) is 3.49. The lowest BCUT2D eigenvalue weighted by atomic mass is 10.1. The van der Waals surface area contributed by atoms with Crippen LogP contribution < -0.4 is 14.5 Å². The first kappa shape index (κ1) is 17.3. The third-order valence-corrected chi connectivity index (χ3v) is 4.93. The first-order valence-electron chi connectivity index (χ1n) is 9.10. The number of fused-ring (bicyclic) bond motifs is 1. The molecular weight excluding hydrogens is 344 g/mol. The minimum Gasteiger partial charge on any atom is -0.423 e. The van der Waals surface area contributed by atoms with Gasteiger partial charge in [-0.05, 0) is 36.8 Å². The van der Waals surface area contributed by atoms with Crippen LogP contribution in [-0.2, 0) is 9.59 Å². The summed E-state index contributed by atoms with van der Waals surface area (Å²) in [4.78, 5) is 34.9. The molecule has 7 heteroatoms. The van der Waals surface area contributed by atoms with E-state index in [1.54, 1.807) is 11.1 Å². The summed E-state index contributed by atoms with van der Waals surface area (Å²) in [6.07, 6.45) is 1.78. The quantitative estimate of drug-likeness (QED) is 0.605. The van der Waals surface area contributed by atoms with Gasteiger partial charge in [-0.2, -0.15) is 0 Å². The Morgan fingerprint density at radius 2 is 1.96 bits per heavy atom. The molecule has 0 unspecified atom stereocenters. The molecule has 0 radical (unpaired) electrons. The number of pyridine rings is 1. The van der Waals surface area contributed by atoms with Crippen LogP contribution in [0.15, 0.2) is 42.6 Å². The summed E-state index contributed by atoms with van der Waals surface area (Å²) in [5.74, 6) is 1.16. The second-order valence-electron chi connectivity index (χ2n) is 6.86. The van der Waals surface area contributed by atoms with Crippen LogP contribution >= 0.6 is 0 Å². The highest BCUT2D eigenvalue weighted by Crippen LogP contribution is 2.32. The molecule has 0 saturated carbocycles. The van der Waals surface area contributed by atoms with Crippen LogP contribution in [-0.4, -0.2) is 61.0 Å². The van der Waals surface area contributed by atoms with Crippen molar-refractivity contribution in [2.45, 2.75) is 6.92 Å². The van der Waals surface area contributed by atoms with Gasteiger partial charge in [0.25, 0.3) is 0 Å². The van der Waals surface area contributed by atoms with Gasteiger partial charge < -0.3 is 19.4 Å². The van der Waals surface area contributed by atoms with Crippen molar-refractivity contribution in [3.05, 3.63) is 48.2 Å². The van der Waals surface area contributed by atoms with E-state index in [1.807, 2.05) is 48.2 Å². The molecule has 140 valence electrons. The maximum atomic E-state index is 12.8. The average molecular weight is 366 g/mol. The predicted octanol–water partition coefficient (Wildman–Crippen LogP) is 1.46. The van der Waals surface area contributed by atoms with Gasteiger partial charge in [-0.25, -0.2) is 9.78 Å². The van der Waals surface area contributed by atoms with E-state index in [2.05, 4.69) is 9.88 Å². The van der Waals surface area contributed by atoms with Crippen molar-refractivity contribution in [2.24, 2.45) is 0 Å². The van der Waals surface area contributed by atoms with Gasteiger partial charge in [-0.3, -0.25) is 4.79 Å². The van der Waals surface area contributed by atoms with E-state index in [4.69, 9.17) is 4.74 Å². The number of hydrogen-bond acceptors (Lipinski definition) is 6. The largest absolute Gasteiger partial charge is 0.423 e. The van der Waals surface area contributed by atoms with Crippen LogP contribution in [0.5, 0.6) is 5.75 Å². The molecule has 0 N–H and O–H groups in total. The molecule has 1 saturated heterocycles. The fourth-order valence-electron chi connectivity index (χ4n) is 3.49. The van der Waals surface area contributed by atoms with Crippen LogP contribution in [0.25, 0.3) is 0 Å². The number of nitrogens with zero attached hydrogens (tertiary/aromatic N) is 4. The first-order valence-corrected chi connectivity index (χ1v) is 9.10. The highest BCUT2D eigenvalue weighted by Gasteiger charge is 2.28. The first-order chi connectivity index (χ1) is 13.1. The number of ether oxygens (including phenoxy) is 1. The Bertz CT molecular complexity index is 848. The topological polar surface area (TPSA) is 66.0 Å². The number of anilines is 2. The molecule has 2 aliphatic heterocycles. The summed E-state index contributed by atoms with van der Waals surface area (Å²) in [5.41, 5.74) is 1.81. The zero-order valence-corrected chi connectivity index (χ0v) is 15.3. The molecule has 0 bridgehead atoms. The maximum Gasteiger partial charge on any atom is 0.331 e. The van der Waals surface area contributed by atoms with Crippen LogP contribution in [0.2, 0.25) is 0 Å². The van der Waals surface area contributed by atoms with Crippen molar-refractivity contribution in [2.75, 3.05) is 49.1 Å². The predicted molar refractivity (Wildman–Crippen MR) is 102 cm³/mol. The third-order valence-electron chi connectivity index (χ3n) is 4.93. The minimum atomic E-state index is -0.333. The van der Waals surface area contributed by atoms with Crippen LogP contribution in [0.1, 0.15) is 5.56 Å². The van der Waals surface area contributed by atoms with E-state index in [-0.39, 0.29) is 25.0 Å². The van der Waals surface area contributed by atoms with E-state index in [1.165, 1.54) is 0 Å². The number of amides is 1. The van der Waals surface area contributed by atoms with Gasteiger partial charge in [0, 0.05) is 32.4 Å². The Labute approximate surface area is 158 Å². The molecule has 0 aliphatic carbocycles. The van der Waals surface area contributed by atoms with Crippen molar-refractivity contribution >= 4 is 23.4 Å². The molecule has 2 aliphatic rings. The number of rotatable bonds is 3. The summed E-state index contributed by atoms with van der Waals surface area (Å²) in [6, 6.07) is 11.5. The average Bonchev–Trinajstić information content (AvgIpc) is 2.68. The van der Waals surface area contributed by atoms with Crippen molar-refractivity contribution in [1.82, 2.24) is 9.88 Å². The summed E-state index contributed by atoms with van der Waals surface area (Å²) in [5, 5.41) is 0. The van der Waals surface area contributed by atoms with E-state index < -0.39 is 0 Å². The number of carbonyl (C=O) groups excluding carboxylic acids is 2. The van der Waals surface area contributed by atoms with Gasteiger partial charge in [-0.1, -0.05) is 12.1 Å². The molecule has 1 amide bonds. The monoisotopic (exact) mass is 366 g/mol. The zero-order chi connectivity index (χ0) is 18.8. The summed E-state index contributed by atoms with van der Waals surface area (Å²) < 4.78 is 5.31. The number of hydrogen-bond donors (Lipinski definition) is 0. The Morgan fingerprint density at radius 1 is 1.15 bits per heavy atom. The third kappa shape index (κ3) is 3.72. The van der Waals surface area contributed by atoms with Gasteiger partial charge >= 0.3 is 5.97 Å². The molecule has 2 aromatic rings. The maximum absolute atomic E-state index is 12.8. The lowest BCUT2D eigenvalue weighted by molar-refractivity contribution is -0.133. The van der Waals surface area contributed by atoms with Crippen molar-refractivity contribution in [3.8, 4) is 5.75 Å². The smallest absolute Gasteiger partial charge is 0.331 e. The fraction of sp³-hybridized carbons (Fsp3) is 0.350. The van der Waals surface area contributed by atoms with Crippen molar-refractivity contribution < 1.29 is 14.3 Å². The number of benzene rings is 1. The van der Waals surface area contributed by atoms with Gasteiger partial charge in [0.1, 0.15) is 12.4 Å². The summed E-state index contributed by atoms with van der Waals surface area (Å²) in [7, 11) is 0.